The van der Waals surface area contributed by atoms with Crippen LogP contribution in [0.4, 0.5) is 0 Å². The van der Waals surface area contributed by atoms with E-state index in [2.05, 4.69) is 4.98 Å². The lowest BCUT2D eigenvalue weighted by Crippen LogP contribution is -2.23. The summed E-state index contributed by atoms with van der Waals surface area (Å²) in [7, 11) is 1.62. The highest BCUT2D eigenvalue weighted by Crippen LogP contribution is 2.27. The molecule has 2 aromatic heterocycles. The van der Waals surface area contributed by atoms with Crippen molar-refractivity contribution in [1.29, 1.82) is 0 Å². The molecular weight excluding hydrogens is 340 g/mol. The molecule has 134 valence electrons. The maximum atomic E-state index is 13.3. The minimum absolute atomic E-state index is 0.0492. The Morgan fingerprint density at radius 1 is 1.04 bits per heavy atom. The summed E-state index contributed by atoms with van der Waals surface area (Å²) in [4.78, 5) is 17.3. The van der Waals surface area contributed by atoms with Gasteiger partial charge in [0.15, 0.2) is 0 Å². The minimum atomic E-state index is -0.128. The van der Waals surface area contributed by atoms with Crippen molar-refractivity contribution in [3.63, 3.8) is 0 Å². The van der Waals surface area contributed by atoms with Gasteiger partial charge >= 0.3 is 0 Å². The first-order valence-electron chi connectivity index (χ1n) is 8.56. The number of aromatic nitrogens is 2. The van der Waals surface area contributed by atoms with E-state index in [1.165, 1.54) is 6.20 Å². The average molecular weight is 358 g/mol. The third-order valence-electron chi connectivity index (χ3n) is 4.59. The Hall–Kier alpha value is -3.60. The van der Waals surface area contributed by atoms with E-state index >= 15 is 0 Å². The number of ether oxygens (including phenoxy) is 1. The zero-order valence-electron chi connectivity index (χ0n) is 14.8. The largest absolute Gasteiger partial charge is 0.506 e. The molecule has 4 aromatic rings. The van der Waals surface area contributed by atoms with Crippen LogP contribution in [0.2, 0.25) is 0 Å². The first-order chi connectivity index (χ1) is 13.2. The summed E-state index contributed by atoms with van der Waals surface area (Å²) < 4.78 is 6.84. The van der Waals surface area contributed by atoms with Crippen LogP contribution in [0.1, 0.15) is 5.56 Å². The molecule has 0 unspecified atom stereocenters. The van der Waals surface area contributed by atoms with E-state index in [1.54, 1.807) is 23.9 Å². The highest BCUT2D eigenvalue weighted by molar-refractivity contribution is 5.88. The summed E-state index contributed by atoms with van der Waals surface area (Å²) in [5.41, 5.74) is 2.77. The van der Waals surface area contributed by atoms with E-state index in [0.29, 0.717) is 23.0 Å². The zero-order valence-corrected chi connectivity index (χ0v) is 14.8. The Morgan fingerprint density at radius 3 is 2.48 bits per heavy atom. The number of fused-ring (bicyclic) bond motifs is 1. The molecule has 0 saturated carbocycles. The van der Waals surface area contributed by atoms with E-state index in [4.69, 9.17) is 4.74 Å². The van der Waals surface area contributed by atoms with Crippen LogP contribution in [0.15, 0.2) is 77.9 Å². The van der Waals surface area contributed by atoms with Gasteiger partial charge in [0.1, 0.15) is 11.5 Å². The summed E-state index contributed by atoms with van der Waals surface area (Å²) in [6.45, 7) is 0.366. The number of pyridine rings is 2. The van der Waals surface area contributed by atoms with Crippen molar-refractivity contribution in [3.05, 3.63) is 89.0 Å². The quantitative estimate of drug-likeness (QED) is 0.602. The second-order valence-electron chi connectivity index (χ2n) is 6.25. The zero-order chi connectivity index (χ0) is 18.8. The number of rotatable bonds is 4. The van der Waals surface area contributed by atoms with Crippen LogP contribution in [-0.2, 0) is 6.54 Å². The Morgan fingerprint density at radius 2 is 1.78 bits per heavy atom. The van der Waals surface area contributed by atoms with Crippen molar-refractivity contribution in [2.45, 2.75) is 6.54 Å². The highest BCUT2D eigenvalue weighted by atomic mass is 16.5. The number of nitrogens with zero attached hydrogens (tertiary/aromatic N) is 2. The van der Waals surface area contributed by atoms with Crippen LogP contribution in [0, 0.1) is 0 Å². The topological polar surface area (TPSA) is 64.3 Å². The van der Waals surface area contributed by atoms with Gasteiger partial charge in [-0.25, -0.2) is 0 Å². The van der Waals surface area contributed by atoms with Crippen LogP contribution in [0.25, 0.3) is 22.0 Å². The molecule has 0 atom stereocenters. The van der Waals surface area contributed by atoms with Gasteiger partial charge in [0.05, 0.1) is 31.6 Å². The molecule has 0 amide bonds. The van der Waals surface area contributed by atoms with Crippen molar-refractivity contribution in [2.24, 2.45) is 0 Å². The van der Waals surface area contributed by atoms with Gasteiger partial charge in [0.2, 0.25) is 0 Å². The molecule has 0 fully saturated rings. The summed E-state index contributed by atoms with van der Waals surface area (Å²) in [5, 5.41) is 10.9. The molecule has 0 aliphatic heterocycles. The Bertz CT molecular complexity index is 1150. The van der Waals surface area contributed by atoms with E-state index in [1.807, 2.05) is 54.6 Å². The molecule has 0 bridgehead atoms. The Kier molecular flexibility index (Phi) is 4.34. The van der Waals surface area contributed by atoms with Gasteiger partial charge in [-0.05, 0) is 29.3 Å². The Balaban J connectivity index is 1.93. The van der Waals surface area contributed by atoms with Crippen LogP contribution in [0.5, 0.6) is 11.5 Å². The van der Waals surface area contributed by atoms with Gasteiger partial charge in [0.25, 0.3) is 5.56 Å². The lowest BCUT2D eigenvalue weighted by molar-refractivity contribution is 0.414. The van der Waals surface area contributed by atoms with Crippen molar-refractivity contribution in [3.8, 4) is 22.6 Å². The maximum Gasteiger partial charge on any atom is 0.259 e. The van der Waals surface area contributed by atoms with Gasteiger partial charge < -0.3 is 14.4 Å². The predicted molar refractivity (Wildman–Crippen MR) is 105 cm³/mol. The first kappa shape index (κ1) is 16.8. The van der Waals surface area contributed by atoms with E-state index in [-0.39, 0.29) is 11.3 Å². The molecular formula is C22H18N2O3. The lowest BCUT2D eigenvalue weighted by atomic mass is 10.0. The van der Waals surface area contributed by atoms with Crippen molar-refractivity contribution in [1.82, 2.24) is 9.55 Å². The number of benzene rings is 2. The summed E-state index contributed by atoms with van der Waals surface area (Å²) in [6.07, 6.45) is 2.99. The van der Waals surface area contributed by atoms with Crippen molar-refractivity contribution < 1.29 is 9.84 Å². The molecule has 5 nitrogen and oxygen atoms in total. The molecule has 27 heavy (non-hydrogen) atoms. The number of hydrogen-bond acceptors (Lipinski definition) is 4. The normalized spacial score (nSPS) is 10.9. The summed E-state index contributed by atoms with van der Waals surface area (Å²) >= 11 is 0. The van der Waals surface area contributed by atoms with Crippen LogP contribution in [0.3, 0.4) is 0 Å². The minimum Gasteiger partial charge on any atom is -0.506 e. The van der Waals surface area contributed by atoms with Crippen LogP contribution >= 0.6 is 0 Å². The molecule has 5 heteroatoms. The fraction of sp³-hybridized carbons (Fsp3) is 0.0909. The molecule has 0 spiro atoms. The Labute approximate surface area is 156 Å². The monoisotopic (exact) mass is 358 g/mol. The van der Waals surface area contributed by atoms with Gasteiger partial charge in [-0.1, -0.05) is 42.5 Å². The molecule has 2 aromatic carbocycles. The van der Waals surface area contributed by atoms with Gasteiger partial charge in [-0.2, -0.15) is 0 Å². The van der Waals surface area contributed by atoms with E-state index in [0.717, 1.165) is 16.9 Å². The lowest BCUT2D eigenvalue weighted by Gasteiger charge is -2.14. The number of methoxy groups -OCH3 is 1. The average Bonchev–Trinajstić information content (AvgIpc) is 2.71. The summed E-state index contributed by atoms with van der Waals surface area (Å²) in [6, 6.07) is 18.7. The van der Waals surface area contributed by atoms with Crippen molar-refractivity contribution in [2.75, 3.05) is 7.11 Å². The molecule has 1 N–H and O–H groups in total. The van der Waals surface area contributed by atoms with Crippen molar-refractivity contribution >= 4 is 10.9 Å². The fourth-order valence-electron chi connectivity index (χ4n) is 3.17. The molecule has 4 rings (SSSR count). The smallest absolute Gasteiger partial charge is 0.259 e. The molecule has 0 radical (unpaired) electrons. The molecule has 2 heterocycles. The second-order valence-corrected chi connectivity index (χ2v) is 6.25. The van der Waals surface area contributed by atoms with E-state index < -0.39 is 0 Å². The van der Waals surface area contributed by atoms with Gasteiger partial charge in [-0.15, -0.1) is 0 Å². The number of aromatic hydroxyl groups is 1. The standard InChI is InChI=1S/C22H18N2O3/c1-27-17-9-7-15(8-10-17)14-24-20-12-23-13-21(25)19(20)11-18(22(24)26)16-5-3-2-4-6-16/h2-13,25H,14H2,1H3. The predicted octanol–water partition coefficient (Wildman–Crippen LogP) is 3.83. The number of hydrogen-bond donors (Lipinski definition) is 1. The molecule has 0 aliphatic rings. The summed E-state index contributed by atoms with van der Waals surface area (Å²) in [5.74, 6) is 0.807. The van der Waals surface area contributed by atoms with Crippen LogP contribution < -0.4 is 10.3 Å². The SMILES string of the molecule is COc1ccc(Cn2c(=O)c(-c3ccccc3)cc3c(O)cncc32)cc1. The molecule has 0 saturated heterocycles. The second kappa shape index (κ2) is 6.96. The third-order valence-corrected chi connectivity index (χ3v) is 4.59. The highest BCUT2D eigenvalue weighted by Gasteiger charge is 2.14. The molecule has 0 aliphatic carbocycles. The third kappa shape index (κ3) is 3.15. The van der Waals surface area contributed by atoms with E-state index in [9.17, 15) is 9.90 Å². The maximum absolute atomic E-state index is 13.3. The van der Waals surface area contributed by atoms with Gasteiger partial charge in [-0.3, -0.25) is 9.78 Å². The first-order valence-corrected chi connectivity index (χ1v) is 8.56. The van der Waals surface area contributed by atoms with Gasteiger partial charge in [0, 0.05) is 10.9 Å². The van der Waals surface area contributed by atoms with Crippen LogP contribution in [-0.4, -0.2) is 21.8 Å². The fourth-order valence-corrected chi connectivity index (χ4v) is 3.17.